The van der Waals surface area contributed by atoms with Gasteiger partial charge < -0.3 is 20.6 Å². The molecule has 4 N–H and O–H groups in total. The molecule has 2 aromatic heterocycles. The molecule has 0 aliphatic carbocycles. The van der Waals surface area contributed by atoms with Crippen molar-refractivity contribution in [2.75, 3.05) is 5.32 Å². The van der Waals surface area contributed by atoms with Gasteiger partial charge in [0.25, 0.3) is 0 Å². The van der Waals surface area contributed by atoms with E-state index in [1.165, 1.54) is 0 Å². The van der Waals surface area contributed by atoms with Crippen molar-refractivity contribution in [2.45, 2.75) is 6.92 Å². The normalized spacial score (nSPS) is 10.7. The first kappa shape index (κ1) is 13.3. The number of oxazole rings is 1. The molecule has 0 amide bonds. The highest BCUT2D eigenvalue weighted by atomic mass is 32.1. The number of nitrogens with two attached hydrogens (primary N) is 1. The molecule has 106 valence electrons. The van der Waals surface area contributed by atoms with Crippen LogP contribution in [0.4, 0.5) is 5.69 Å². The number of hydrogen-bond donors (Lipinski definition) is 3. The number of anilines is 1. The van der Waals surface area contributed by atoms with E-state index in [-0.39, 0.29) is 16.8 Å². The van der Waals surface area contributed by atoms with Gasteiger partial charge in [-0.25, -0.2) is 4.98 Å². The van der Waals surface area contributed by atoms with Crippen molar-refractivity contribution < 1.29 is 9.52 Å². The zero-order valence-electron chi connectivity index (χ0n) is 11.1. The van der Waals surface area contributed by atoms with Crippen molar-refractivity contribution in [3.05, 3.63) is 36.0 Å². The largest absolute Gasteiger partial charge is 0.507 e. The Labute approximate surface area is 125 Å². The third kappa shape index (κ3) is 2.50. The summed E-state index contributed by atoms with van der Waals surface area (Å²) >= 11 is 4.82. The van der Waals surface area contributed by atoms with Gasteiger partial charge in [-0.2, -0.15) is 4.98 Å². The molecule has 0 saturated heterocycles. The van der Waals surface area contributed by atoms with Gasteiger partial charge in [0.15, 0.2) is 16.3 Å². The molecule has 0 atom stereocenters. The number of nitrogens with zero attached hydrogens (tertiary/aromatic N) is 2. The summed E-state index contributed by atoms with van der Waals surface area (Å²) in [6, 6.07) is 6.93. The minimum atomic E-state index is 0.0926. The number of fused-ring (bicyclic) bond motifs is 1. The number of aromatic nitrogens is 2. The molecular weight excluding hydrogens is 288 g/mol. The van der Waals surface area contributed by atoms with Gasteiger partial charge in [-0.3, -0.25) is 0 Å². The fourth-order valence-electron chi connectivity index (χ4n) is 2.04. The number of aromatic hydroxyl groups is 1. The maximum absolute atomic E-state index is 10.2. The quantitative estimate of drug-likeness (QED) is 0.494. The SMILES string of the molecule is Cc1cc(NC(N)=S)cc(-c2nc3ncccc3o2)c1O. The lowest BCUT2D eigenvalue weighted by molar-refractivity contribution is 0.470. The Hall–Kier alpha value is -2.67. The Morgan fingerprint density at radius 1 is 1.43 bits per heavy atom. The van der Waals surface area contributed by atoms with E-state index in [1.54, 1.807) is 37.4 Å². The van der Waals surface area contributed by atoms with Crippen LogP contribution in [0.1, 0.15) is 5.56 Å². The average molecular weight is 300 g/mol. The van der Waals surface area contributed by atoms with Crippen LogP contribution in [0.3, 0.4) is 0 Å². The lowest BCUT2D eigenvalue weighted by atomic mass is 10.1. The monoisotopic (exact) mass is 300 g/mol. The molecule has 0 saturated carbocycles. The first-order chi connectivity index (χ1) is 10.0. The first-order valence-electron chi connectivity index (χ1n) is 6.16. The summed E-state index contributed by atoms with van der Waals surface area (Å²) in [7, 11) is 0. The van der Waals surface area contributed by atoms with E-state index in [2.05, 4.69) is 15.3 Å². The average Bonchev–Trinajstić information content (AvgIpc) is 2.85. The maximum Gasteiger partial charge on any atom is 0.232 e. The van der Waals surface area contributed by atoms with Gasteiger partial charge in [0, 0.05) is 11.9 Å². The van der Waals surface area contributed by atoms with Crippen LogP contribution in [0.25, 0.3) is 22.7 Å². The van der Waals surface area contributed by atoms with Crippen LogP contribution in [0, 0.1) is 6.92 Å². The molecule has 0 radical (unpaired) electrons. The number of rotatable bonds is 2. The van der Waals surface area contributed by atoms with Gasteiger partial charge in [-0.15, -0.1) is 0 Å². The van der Waals surface area contributed by atoms with Crippen molar-refractivity contribution in [3.8, 4) is 17.2 Å². The Morgan fingerprint density at radius 2 is 2.24 bits per heavy atom. The molecule has 0 unspecified atom stereocenters. The second-order valence-corrected chi connectivity index (χ2v) is 4.96. The van der Waals surface area contributed by atoms with E-state index < -0.39 is 0 Å². The lowest BCUT2D eigenvalue weighted by Crippen LogP contribution is -2.18. The van der Waals surface area contributed by atoms with Crippen molar-refractivity contribution in [3.63, 3.8) is 0 Å². The van der Waals surface area contributed by atoms with Crippen molar-refractivity contribution in [2.24, 2.45) is 5.73 Å². The summed E-state index contributed by atoms with van der Waals surface area (Å²) in [6.07, 6.45) is 1.63. The van der Waals surface area contributed by atoms with Gasteiger partial charge in [0.2, 0.25) is 5.89 Å². The Kier molecular flexibility index (Phi) is 3.19. The summed E-state index contributed by atoms with van der Waals surface area (Å²) in [4.78, 5) is 8.38. The second kappa shape index (κ2) is 5.02. The molecule has 0 bridgehead atoms. The lowest BCUT2D eigenvalue weighted by Gasteiger charge is -2.09. The van der Waals surface area contributed by atoms with Crippen LogP contribution in [0.15, 0.2) is 34.9 Å². The van der Waals surface area contributed by atoms with Gasteiger partial charge in [0.05, 0.1) is 5.56 Å². The van der Waals surface area contributed by atoms with Crippen molar-refractivity contribution >= 4 is 34.2 Å². The Balaban J connectivity index is 2.15. The molecule has 0 aliphatic heterocycles. The van der Waals surface area contributed by atoms with Crippen LogP contribution >= 0.6 is 12.2 Å². The standard InChI is InChI=1S/C14H12N4O2S/c1-7-5-8(17-14(15)21)6-9(11(7)19)13-18-12-10(20-13)3-2-4-16-12/h2-6,19H,1H3,(H3,15,17,21). The Morgan fingerprint density at radius 3 is 2.95 bits per heavy atom. The smallest absolute Gasteiger partial charge is 0.232 e. The van der Waals surface area contributed by atoms with Crippen LogP contribution in [-0.2, 0) is 0 Å². The van der Waals surface area contributed by atoms with E-state index in [9.17, 15) is 5.11 Å². The highest BCUT2D eigenvalue weighted by Crippen LogP contribution is 2.35. The highest BCUT2D eigenvalue weighted by Gasteiger charge is 2.15. The number of pyridine rings is 1. The number of nitrogens with one attached hydrogen (secondary N) is 1. The van der Waals surface area contributed by atoms with Crippen LogP contribution < -0.4 is 11.1 Å². The maximum atomic E-state index is 10.2. The number of aryl methyl sites for hydroxylation is 1. The van der Waals surface area contributed by atoms with Crippen LogP contribution in [0.2, 0.25) is 0 Å². The second-order valence-electron chi connectivity index (χ2n) is 4.52. The Bertz CT molecular complexity index is 811. The molecule has 7 heteroatoms. The van der Waals surface area contributed by atoms with Crippen molar-refractivity contribution in [1.82, 2.24) is 9.97 Å². The zero-order chi connectivity index (χ0) is 15.0. The topological polar surface area (TPSA) is 97.2 Å². The molecule has 2 heterocycles. The predicted molar refractivity (Wildman–Crippen MR) is 84.0 cm³/mol. The zero-order valence-corrected chi connectivity index (χ0v) is 11.9. The summed E-state index contributed by atoms with van der Waals surface area (Å²) < 4.78 is 5.62. The molecular formula is C14H12N4O2S. The van der Waals surface area contributed by atoms with E-state index in [4.69, 9.17) is 22.4 Å². The number of thiocarbonyl (C=S) groups is 1. The number of phenolic OH excluding ortho intramolecular Hbond substituents is 1. The minimum absolute atomic E-state index is 0.0926. The third-order valence-electron chi connectivity index (χ3n) is 2.96. The van der Waals surface area contributed by atoms with Crippen LogP contribution in [0.5, 0.6) is 5.75 Å². The summed E-state index contributed by atoms with van der Waals surface area (Å²) in [5, 5.41) is 13.2. The number of hydrogen-bond acceptors (Lipinski definition) is 5. The van der Waals surface area contributed by atoms with E-state index in [0.717, 1.165) is 0 Å². The number of benzene rings is 1. The molecule has 21 heavy (non-hydrogen) atoms. The molecule has 1 aromatic carbocycles. The molecule has 0 fully saturated rings. The summed E-state index contributed by atoms with van der Waals surface area (Å²) in [6.45, 7) is 1.77. The van der Waals surface area contributed by atoms with Crippen LogP contribution in [-0.4, -0.2) is 20.2 Å². The van der Waals surface area contributed by atoms with E-state index in [0.29, 0.717) is 28.0 Å². The molecule has 6 nitrogen and oxygen atoms in total. The molecule has 0 spiro atoms. The molecule has 3 rings (SSSR count). The summed E-state index contributed by atoms with van der Waals surface area (Å²) in [5.41, 5.74) is 8.27. The third-order valence-corrected chi connectivity index (χ3v) is 3.07. The highest BCUT2D eigenvalue weighted by molar-refractivity contribution is 7.80. The fourth-order valence-corrected chi connectivity index (χ4v) is 2.16. The summed E-state index contributed by atoms with van der Waals surface area (Å²) in [5.74, 6) is 0.380. The predicted octanol–water partition coefficient (Wildman–Crippen LogP) is 2.56. The van der Waals surface area contributed by atoms with E-state index in [1.807, 2.05) is 0 Å². The van der Waals surface area contributed by atoms with Gasteiger partial charge in [-0.05, 0) is 49.0 Å². The first-order valence-corrected chi connectivity index (χ1v) is 6.57. The number of phenols is 1. The van der Waals surface area contributed by atoms with Crippen molar-refractivity contribution in [1.29, 1.82) is 0 Å². The van der Waals surface area contributed by atoms with Gasteiger partial charge in [-0.1, -0.05) is 0 Å². The molecule has 0 aliphatic rings. The van der Waals surface area contributed by atoms with Gasteiger partial charge in [0.1, 0.15) is 5.75 Å². The fraction of sp³-hybridized carbons (Fsp3) is 0.0714. The van der Waals surface area contributed by atoms with E-state index >= 15 is 0 Å². The molecule has 3 aromatic rings. The van der Waals surface area contributed by atoms with Gasteiger partial charge >= 0.3 is 0 Å². The minimum Gasteiger partial charge on any atom is -0.507 e.